The number of ether oxygens (including phenoxy) is 1. The second-order valence-corrected chi connectivity index (χ2v) is 15.4. The largest absolute Gasteiger partial charge is 0.508 e. The molecule has 1 spiro atoms. The smallest absolute Gasteiger partial charge is 0.410 e. The van der Waals surface area contributed by atoms with E-state index in [9.17, 15) is 9.90 Å². The van der Waals surface area contributed by atoms with E-state index in [2.05, 4.69) is 21.7 Å². The van der Waals surface area contributed by atoms with Crippen LogP contribution < -0.4 is 9.80 Å². The minimum atomic E-state index is -0.582. The van der Waals surface area contributed by atoms with Crippen molar-refractivity contribution in [2.24, 2.45) is 5.41 Å². The summed E-state index contributed by atoms with van der Waals surface area (Å²) in [5.41, 5.74) is 0.529. The number of likely N-dealkylation sites (tertiary alicyclic amines) is 1. The molecule has 1 N–H and O–H groups in total. The Bertz CT molecular complexity index is 1910. The second-order valence-electron chi connectivity index (χ2n) is 15.0. The summed E-state index contributed by atoms with van der Waals surface area (Å²) < 4.78 is 22.8. The van der Waals surface area contributed by atoms with E-state index in [0.29, 0.717) is 35.8 Å². The van der Waals surface area contributed by atoms with Crippen LogP contribution in [0.25, 0.3) is 32.8 Å². The summed E-state index contributed by atoms with van der Waals surface area (Å²) in [5, 5.41) is 12.9. The van der Waals surface area contributed by atoms with Gasteiger partial charge in [0.05, 0.1) is 17.1 Å². The normalized spacial score (nSPS) is 22.5. The molecule has 246 valence electrons. The number of phenolic OH excluding ortho intramolecular Hbond substituents is 1. The Morgan fingerprint density at radius 1 is 1.02 bits per heavy atom. The van der Waals surface area contributed by atoms with E-state index in [4.69, 9.17) is 26.3 Å². The summed E-state index contributed by atoms with van der Waals surface area (Å²) in [6.45, 7) is 10.5. The highest BCUT2D eigenvalue weighted by Gasteiger charge is 2.49. The highest BCUT2D eigenvalue weighted by Crippen LogP contribution is 2.45. The minimum absolute atomic E-state index is 0.0315. The zero-order valence-corrected chi connectivity index (χ0v) is 28.0. The number of rotatable bonds is 3. The third-order valence-electron chi connectivity index (χ3n) is 10.3. The molecule has 9 nitrogen and oxygen atoms in total. The van der Waals surface area contributed by atoms with Crippen LogP contribution in [0.2, 0.25) is 5.02 Å². The molecular weight excluding hydrogens is 619 g/mol. The Morgan fingerprint density at radius 3 is 2.43 bits per heavy atom. The average Bonchev–Trinajstić information content (AvgIpc) is 3.51. The molecule has 0 aliphatic carbocycles. The van der Waals surface area contributed by atoms with Crippen LogP contribution in [0.3, 0.4) is 0 Å². The molecule has 4 aliphatic rings. The first-order valence-electron chi connectivity index (χ1n) is 16.5. The maximum Gasteiger partial charge on any atom is 0.410 e. The molecule has 47 heavy (non-hydrogen) atoms. The predicted octanol–water partition coefficient (Wildman–Crippen LogP) is 6.68. The molecular formula is C36H40ClFN6O3. The molecule has 4 aliphatic heterocycles. The maximum atomic E-state index is 17.1. The van der Waals surface area contributed by atoms with Crippen molar-refractivity contribution >= 4 is 51.1 Å². The highest BCUT2D eigenvalue weighted by atomic mass is 35.5. The first-order chi connectivity index (χ1) is 22.4. The van der Waals surface area contributed by atoms with Crippen molar-refractivity contribution < 1.29 is 19.0 Å². The van der Waals surface area contributed by atoms with Crippen LogP contribution in [-0.2, 0) is 4.74 Å². The summed E-state index contributed by atoms with van der Waals surface area (Å²) in [5.74, 6) is 0.620. The van der Waals surface area contributed by atoms with Crippen LogP contribution in [0.4, 0.5) is 21.0 Å². The van der Waals surface area contributed by atoms with Gasteiger partial charge in [-0.2, -0.15) is 4.98 Å². The molecule has 1 amide bonds. The van der Waals surface area contributed by atoms with Gasteiger partial charge >= 0.3 is 6.09 Å². The summed E-state index contributed by atoms with van der Waals surface area (Å²) in [7, 11) is 2.15. The fourth-order valence-electron chi connectivity index (χ4n) is 8.31. The molecule has 3 aromatic carbocycles. The number of benzene rings is 3. The Balaban J connectivity index is 1.23. The summed E-state index contributed by atoms with van der Waals surface area (Å²) in [4.78, 5) is 31.8. The van der Waals surface area contributed by atoms with Gasteiger partial charge in [-0.25, -0.2) is 14.2 Å². The molecule has 0 radical (unpaired) electrons. The first kappa shape index (κ1) is 30.4. The van der Waals surface area contributed by atoms with Gasteiger partial charge in [0.25, 0.3) is 0 Å². The van der Waals surface area contributed by atoms with Crippen molar-refractivity contribution in [2.75, 3.05) is 56.1 Å². The van der Waals surface area contributed by atoms with Crippen molar-refractivity contribution in [3.63, 3.8) is 0 Å². The quantitative estimate of drug-likeness (QED) is 0.261. The summed E-state index contributed by atoms with van der Waals surface area (Å²) in [6, 6.07) is 12.5. The molecule has 4 saturated heterocycles. The van der Waals surface area contributed by atoms with E-state index in [1.807, 2.05) is 49.9 Å². The van der Waals surface area contributed by atoms with Crippen molar-refractivity contribution in [3.05, 3.63) is 53.3 Å². The fourth-order valence-corrected chi connectivity index (χ4v) is 8.60. The van der Waals surface area contributed by atoms with Gasteiger partial charge in [0.1, 0.15) is 22.7 Å². The highest BCUT2D eigenvalue weighted by molar-refractivity contribution is 6.35. The van der Waals surface area contributed by atoms with E-state index in [-0.39, 0.29) is 45.4 Å². The number of halogens is 2. The Morgan fingerprint density at radius 2 is 1.74 bits per heavy atom. The molecule has 8 rings (SSSR count). The van der Waals surface area contributed by atoms with Gasteiger partial charge in [0, 0.05) is 49.1 Å². The molecule has 1 aromatic heterocycles. The monoisotopic (exact) mass is 658 g/mol. The van der Waals surface area contributed by atoms with Crippen molar-refractivity contribution in [1.29, 1.82) is 0 Å². The van der Waals surface area contributed by atoms with Crippen LogP contribution >= 0.6 is 11.6 Å². The molecule has 11 heteroatoms. The number of carbonyl (C=O) groups is 1. The van der Waals surface area contributed by atoms with Crippen molar-refractivity contribution in [3.8, 4) is 16.9 Å². The standard InChI is InChI=1S/C36H40ClFN6O3/c1-35(2,3)47-34(46)44-22-9-10-23(44)17-42(16-22)32-27-15-28(37)29(26-14-24(45)13-21-7-5-6-8-25(21)26)30(38)31(27)39-33(40-32)43-19-36(20-43)11-12-41(4)18-36/h5-8,13-15,22-23,45H,9-12,16-20H2,1-4H3. The zero-order chi connectivity index (χ0) is 32.8. The number of hydrogen-bond acceptors (Lipinski definition) is 8. The van der Waals surface area contributed by atoms with Crippen molar-refractivity contribution in [2.45, 2.75) is 57.7 Å². The van der Waals surface area contributed by atoms with E-state index in [1.165, 1.54) is 0 Å². The first-order valence-corrected chi connectivity index (χ1v) is 16.9. The molecule has 2 bridgehead atoms. The number of amides is 1. The van der Waals surface area contributed by atoms with Crippen LogP contribution in [0.5, 0.6) is 5.75 Å². The number of aromatic nitrogens is 2. The molecule has 4 aromatic rings. The number of aromatic hydroxyl groups is 1. The average molecular weight is 659 g/mol. The second kappa shape index (κ2) is 10.8. The Hall–Kier alpha value is -3.89. The van der Waals surface area contributed by atoms with Gasteiger partial charge < -0.3 is 24.5 Å². The number of anilines is 2. The van der Waals surface area contributed by atoms with Crippen LogP contribution in [-0.4, -0.2) is 95.0 Å². The lowest BCUT2D eigenvalue weighted by molar-refractivity contribution is 0.0123. The van der Waals surface area contributed by atoms with Gasteiger partial charge in [-0.15, -0.1) is 0 Å². The number of fused-ring (bicyclic) bond motifs is 4. The van der Waals surface area contributed by atoms with Gasteiger partial charge in [-0.05, 0) is 88.2 Å². The zero-order valence-electron chi connectivity index (χ0n) is 27.3. The number of nitrogens with zero attached hydrogens (tertiary/aromatic N) is 6. The van der Waals surface area contributed by atoms with Gasteiger partial charge in [0.2, 0.25) is 5.95 Å². The van der Waals surface area contributed by atoms with Gasteiger partial charge in [0.15, 0.2) is 5.82 Å². The van der Waals surface area contributed by atoms with Crippen LogP contribution in [0.1, 0.15) is 40.0 Å². The predicted molar refractivity (Wildman–Crippen MR) is 183 cm³/mol. The lowest BCUT2D eigenvalue weighted by Crippen LogP contribution is -2.58. The third-order valence-corrected chi connectivity index (χ3v) is 10.6. The van der Waals surface area contributed by atoms with E-state index >= 15 is 4.39 Å². The fraction of sp³-hybridized carbons (Fsp3) is 0.472. The van der Waals surface area contributed by atoms with Gasteiger partial charge in [-0.1, -0.05) is 35.9 Å². The third kappa shape index (κ3) is 5.20. The molecule has 5 heterocycles. The number of piperazine rings is 1. The number of carbonyl (C=O) groups excluding carboxylic acids is 1. The number of phenols is 1. The molecule has 4 fully saturated rings. The number of hydrogen-bond donors (Lipinski definition) is 1. The van der Waals surface area contributed by atoms with E-state index in [1.54, 1.807) is 18.2 Å². The van der Waals surface area contributed by atoms with Gasteiger partial charge in [-0.3, -0.25) is 4.90 Å². The van der Waals surface area contributed by atoms with Crippen molar-refractivity contribution in [1.82, 2.24) is 19.8 Å². The van der Waals surface area contributed by atoms with E-state index < -0.39 is 11.4 Å². The molecule has 2 atom stereocenters. The summed E-state index contributed by atoms with van der Waals surface area (Å²) >= 11 is 6.96. The van der Waals surface area contributed by atoms with Crippen LogP contribution in [0, 0.1) is 11.2 Å². The summed E-state index contributed by atoms with van der Waals surface area (Å²) in [6.07, 6.45) is 2.56. The molecule has 2 unspecified atom stereocenters. The Labute approximate surface area is 278 Å². The van der Waals surface area contributed by atoms with Crippen LogP contribution in [0.15, 0.2) is 42.5 Å². The Kier molecular flexibility index (Phi) is 7.01. The lowest BCUT2D eigenvalue weighted by Gasteiger charge is -2.48. The maximum absolute atomic E-state index is 17.1. The minimum Gasteiger partial charge on any atom is -0.508 e. The molecule has 0 saturated carbocycles. The van der Waals surface area contributed by atoms with E-state index in [0.717, 1.165) is 56.2 Å². The lowest BCUT2D eigenvalue weighted by atomic mass is 9.79. The SMILES string of the molecule is CN1CCC2(C1)CN(c1nc(N3CC4CCC(C3)N4C(=O)OC(C)(C)C)c3cc(Cl)c(-c4cc(O)cc5ccccc45)c(F)c3n1)C2. The topological polar surface area (TPSA) is 85.3 Å².